The minimum absolute atomic E-state index is 0.0287. The lowest BCUT2D eigenvalue weighted by Crippen LogP contribution is -2.46. The molecule has 0 aromatic heterocycles. The van der Waals surface area contributed by atoms with Crippen molar-refractivity contribution in [1.82, 2.24) is 10.6 Å². The Morgan fingerprint density at radius 2 is 1.82 bits per heavy atom. The van der Waals surface area contributed by atoms with Crippen molar-refractivity contribution in [1.29, 1.82) is 0 Å². The molecule has 0 bridgehead atoms. The van der Waals surface area contributed by atoms with E-state index in [0.717, 1.165) is 12.8 Å². The number of nitrogens with one attached hydrogen (secondary N) is 2. The maximum absolute atomic E-state index is 11.8. The molecule has 0 aliphatic carbocycles. The molecule has 5 heteroatoms. The van der Waals surface area contributed by atoms with Crippen molar-refractivity contribution in [3.63, 3.8) is 0 Å². The van der Waals surface area contributed by atoms with Gasteiger partial charge in [0, 0.05) is 34.9 Å². The van der Waals surface area contributed by atoms with Crippen LogP contribution in [0, 0.1) is 0 Å². The van der Waals surface area contributed by atoms with Crippen molar-refractivity contribution < 1.29 is 9.00 Å². The number of hydrogen-bond acceptors (Lipinski definition) is 3. The Morgan fingerprint density at radius 1 is 1.24 bits per heavy atom. The van der Waals surface area contributed by atoms with Crippen LogP contribution in [0.25, 0.3) is 0 Å². The average molecular weight is 262 g/mol. The quantitative estimate of drug-likeness (QED) is 0.653. The molecular weight excluding hydrogens is 236 g/mol. The van der Waals surface area contributed by atoms with Gasteiger partial charge in [0.15, 0.2) is 0 Å². The third-order valence-electron chi connectivity index (χ3n) is 2.83. The molecule has 0 rings (SSSR count). The van der Waals surface area contributed by atoms with Crippen LogP contribution in [0.3, 0.4) is 0 Å². The smallest absolute Gasteiger partial charge is 0.237 e. The average Bonchev–Trinajstić information content (AvgIpc) is 2.34. The molecule has 0 saturated heterocycles. The fourth-order valence-corrected chi connectivity index (χ4v) is 2.08. The molecule has 102 valence electrons. The summed E-state index contributed by atoms with van der Waals surface area (Å²) in [6.45, 7) is 8.50. The highest BCUT2D eigenvalue weighted by atomic mass is 32.2. The molecule has 0 spiro atoms. The number of carbonyl (C=O) groups is 1. The van der Waals surface area contributed by atoms with Crippen molar-refractivity contribution in [2.75, 3.05) is 18.1 Å². The molecular formula is C12H26N2O2S. The van der Waals surface area contributed by atoms with E-state index >= 15 is 0 Å². The van der Waals surface area contributed by atoms with Crippen LogP contribution < -0.4 is 10.6 Å². The fourth-order valence-electron chi connectivity index (χ4n) is 1.45. The van der Waals surface area contributed by atoms with Crippen LogP contribution in [-0.4, -0.2) is 40.3 Å². The first kappa shape index (κ1) is 16.6. The van der Waals surface area contributed by atoms with Crippen LogP contribution >= 0.6 is 0 Å². The normalized spacial score (nSPS) is 14.6. The molecule has 0 heterocycles. The zero-order valence-corrected chi connectivity index (χ0v) is 12.2. The summed E-state index contributed by atoms with van der Waals surface area (Å²) in [6.07, 6.45) is 1.91. The van der Waals surface area contributed by atoms with Crippen molar-refractivity contribution in [2.24, 2.45) is 0 Å². The van der Waals surface area contributed by atoms with E-state index in [1.54, 1.807) is 0 Å². The maximum atomic E-state index is 11.8. The second kappa shape index (κ2) is 9.59. The predicted octanol–water partition coefficient (Wildman–Crippen LogP) is 1.04. The first-order valence-corrected chi connectivity index (χ1v) is 7.92. The summed E-state index contributed by atoms with van der Waals surface area (Å²) in [6, 6.07) is 0.0426. The largest absolute Gasteiger partial charge is 0.352 e. The number of rotatable bonds is 9. The molecule has 2 N–H and O–H groups in total. The van der Waals surface area contributed by atoms with Gasteiger partial charge in [0.25, 0.3) is 0 Å². The summed E-state index contributed by atoms with van der Waals surface area (Å²) in [5.74, 6) is 1.32. The van der Waals surface area contributed by atoms with Gasteiger partial charge < -0.3 is 10.6 Å². The minimum Gasteiger partial charge on any atom is -0.352 e. The maximum Gasteiger partial charge on any atom is 0.237 e. The van der Waals surface area contributed by atoms with Crippen molar-refractivity contribution in [2.45, 2.75) is 52.6 Å². The Bertz CT molecular complexity index is 243. The Morgan fingerprint density at radius 3 is 2.29 bits per heavy atom. The number of hydrogen-bond donors (Lipinski definition) is 2. The van der Waals surface area contributed by atoms with Crippen LogP contribution in [-0.2, 0) is 15.6 Å². The first-order valence-electron chi connectivity index (χ1n) is 6.43. The molecule has 2 unspecified atom stereocenters. The third-order valence-corrected chi connectivity index (χ3v) is 4.13. The van der Waals surface area contributed by atoms with Gasteiger partial charge in [0.05, 0.1) is 6.04 Å². The van der Waals surface area contributed by atoms with E-state index in [2.05, 4.69) is 24.5 Å². The van der Waals surface area contributed by atoms with Crippen molar-refractivity contribution >= 4 is 16.7 Å². The van der Waals surface area contributed by atoms with Gasteiger partial charge in [0.2, 0.25) is 5.91 Å². The highest BCUT2D eigenvalue weighted by molar-refractivity contribution is 7.84. The summed E-state index contributed by atoms with van der Waals surface area (Å²) in [7, 11) is -0.765. The molecule has 0 aliphatic rings. The summed E-state index contributed by atoms with van der Waals surface area (Å²) in [4.78, 5) is 11.8. The van der Waals surface area contributed by atoms with E-state index < -0.39 is 10.8 Å². The van der Waals surface area contributed by atoms with Crippen LogP contribution in [0.4, 0.5) is 0 Å². The highest BCUT2D eigenvalue weighted by Crippen LogP contribution is 1.96. The van der Waals surface area contributed by atoms with Crippen LogP contribution in [0.1, 0.15) is 40.5 Å². The zero-order chi connectivity index (χ0) is 13.3. The Kier molecular flexibility index (Phi) is 9.36. The highest BCUT2D eigenvalue weighted by Gasteiger charge is 2.14. The lowest BCUT2D eigenvalue weighted by atomic mass is 10.1. The van der Waals surface area contributed by atoms with Crippen LogP contribution in [0.15, 0.2) is 0 Å². The number of carbonyl (C=O) groups excluding carboxylic acids is 1. The molecule has 2 atom stereocenters. The fraction of sp³-hybridized carbons (Fsp3) is 0.917. The van der Waals surface area contributed by atoms with Gasteiger partial charge in [0.1, 0.15) is 0 Å². The van der Waals surface area contributed by atoms with E-state index in [0.29, 0.717) is 18.1 Å². The summed E-state index contributed by atoms with van der Waals surface area (Å²) < 4.78 is 11.2. The van der Waals surface area contributed by atoms with Gasteiger partial charge in [-0.1, -0.05) is 20.8 Å². The molecule has 0 aromatic carbocycles. The number of amides is 1. The Hall–Kier alpha value is -0.420. The topological polar surface area (TPSA) is 58.2 Å². The second-order valence-electron chi connectivity index (χ2n) is 4.13. The summed E-state index contributed by atoms with van der Waals surface area (Å²) >= 11 is 0. The molecule has 0 aromatic rings. The van der Waals surface area contributed by atoms with Gasteiger partial charge in [-0.25, -0.2) is 0 Å². The molecule has 17 heavy (non-hydrogen) atoms. The monoisotopic (exact) mass is 262 g/mol. The van der Waals surface area contributed by atoms with Gasteiger partial charge in [-0.15, -0.1) is 0 Å². The molecule has 4 nitrogen and oxygen atoms in total. The van der Waals surface area contributed by atoms with Gasteiger partial charge in [-0.05, 0) is 19.8 Å². The summed E-state index contributed by atoms with van der Waals surface area (Å²) in [5, 5.41) is 6.09. The zero-order valence-electron chi connectivity index (χ0n) is 11.4. The SMILES string of the molecule is CCC(CC)NC(=O)C(C)NCCS(=O)CC. The van der Waals surface area contributed by atoms with E-state index in [4.69, 9.17) is 0 Å². The Balaban J connectivity index is 3.85. The first-order chi connectivity index (χ1) is 8.04. The molecule has 1 amide bonds. The van der Waals surface area contributed by atoms with Crippen LogP contribution in [0.2, 0.25) is 0 Å². The lowest BCUT2D eigenvalue weighted by molar-refractivity contribution is -0.123. The second-order valence-corrected chi connectivity index (χ2v) is 6.00. The minimum atomic E-state index is -0.765. The van der Waals surface area contributed by atoms with Gasteiger partial charge in [-0.3, -0.25) is 9.00 Å². The van der Waals surface area contributed by atoms with Crippen molar-refractivity contribution in [3.05, 3.63) is 0 Å². The standard InChI is InChI=1S/C12H26N2O2S/c1-5-11(6-2)14-12(15)10(4)13-8-9-17(16)7-3/h10-11,13H,5-9H2,1-4H3,(H,14,15). The van der Waals surface area contributed by atoms with Crippen LogP contribution in [0.5, 0.6) is 0 Å². The predicted molar refractivity (Wildman–Crippen MR) is 73.5 cm³/mol. The van der Waals surface area contributed by atoms with E-state index in [1.165, 1.54) is 0 Å². The lowest BCUT2D eigenvalue weighted by Gasteiger charge is -2.19. The molecule has 0 aliphatic heterocycles. The Labute approximate surface area is 107 Å². The van der Waals surface area contributed by atoms with E-state index in [-0.39, 0.29) is 18.0 Å². The van der Waals surface area contributed by atoms with Gasteiger partial charge in [-0.2, -0.15) is 0 Å². The molecule has 0 radical (unpaired) electrons. The van der Waals surface area contributed by atoms with Gasteiger partial charge >= 0.3 is 0 Å². The summed E-state index contributed by atoms with van der Waals surface area (Å²) in [5.41, 5.74) is 0. The van der Waals surface area contributed by atoms with E-state index in [1.807, 2.05) is 13.8 Å². The molecule has 0 fully saturated rings. The van der Waals surface area contributed by atoms with Crippen molar-refractivity contribution in [3.8, 4) is 0 Å². The van der Waals surface area contributed by atoms with E-state index in [9.17, 15) is 9.00 Å². The third kappa shape index (κ3) is 7.49. The molecule has 0 saturated carbocycles.